The maximum absolute atomic E-state index is 12.6. The minimum Gasteiger partial charge on any atom is -0.495 e. The summed E-state index contributed by atoms with van der Waals surface area (Å²) in [7, 11) is 1.56. The number of nitrogens with zero attached hydrogens (tertiary/aromatic N) is 3. The van der Waals surface area contributed by atoms with E-state index < -0.39 is 0 Å². The highest BCUT2D eigenvalue weighted by molar-refractivity contribution is 6.31. The Bertz CT molecular complexity index is 1030. The summed E-state index contributed by atoms with van der Waals surface area (Å²) in [5, 5.41) is 3.43. The van der Waals surface area contributed by atoms with E-state index >= 15 is 0 Å². The van der Waals surface area contributed by atoms with E-state index in [4.69, 9.17) is 20.8 Å². The first-order valence-corrected chi connectivity index (χ1v) is 9.87. The molecule has 7 nitrogen and oxygen atoms in total. The van der Waals surface area contributed by atoms with E-state index in [1.807, 2.05) is 25.1 Å². The Morgan fingerprint density at radius 3 is 2.76 bits per heavy atom. The van der Waals surface area contributed by atoms with Crippen molar-refractivity contribution in [1.29, 1.82) is 0 Å². The van der Waals surface area contributed by atoms with E-state index in [1.54, 1.807) is 30.2 Å². The van der Waals surface area contributed by atoms with E-state index in [0.717, 1.165) is 29.8 Å². The Morgan fingerprint density at radius 1 is 1.21 bits per heavy atom. The van der Waals surface area contributed by atoms with Crippen LogP contribution in [0.25, 0.3) is 11.1 Å². The Labute approximate surface area is 174 Å². The number of fused-ring (bicyclic) bond motifs is 1. The number of halogens is 1. The van der Waals surface area contributed by atoms with E-state index in [-0.39, 0.29) is 6.03 Å². The van der Waals surface area contributed by atoms with E-state index in [0.29, 0.717) is 42.0 Å². The van der Waals surface area contributed by atoms with Crippen molar-refractivity contribution in [3.8, 4) is 5.75 Å². The number of benzene rings is 2. The predicted octanol–water partition coefficient (Wildman–Crippen LogP) is 4.15. The zero-order valence-corrected chi connectivity index (χ0v) is 17.2. The molecule has 2 amide bonds. The second-order valence-corrected chi connectivity index (χ2v) is 7.55. The fourth-order valence-corrected chi connectivity index (χ4v) is 3.60. The highest BCUT2D eigenvalue weighted by Crippen LogP contribution is 2.28. The molecule has 1 N–H and O–H groups in total. The number of hydrogen-bond acceptors (Lipinski definition) is 5. The first-order valence-electron chi connectivity index (χ1n) is 9.50. The normalized spacial score (nSPS) is 14.9. The number of carbonyl (C=O) groups excluding carboxylic acids is 1. The molecule has 1 aliphatic rings. The Kier molecular flexibility index (Phi) is 5.60. The van der Waals surface area contributed by atoms with Crippen LogP contribution < -0.4 is 10.1 Å². The fourth-order valence-electron chi connectivity index (χ4n) is 3.43. The average molecular weight is 415 g/mol. The van der Waals surface area contributed by atoms with Gasteiger partial charge in [-0.15, -0.1) is 0 Å². The molecule has 2 aromatic carbocycles. The molecule has 0 radical (unpaired) electrons. The number of rotatable bonds is 4. The third-order valence-corrected chi connectivity index (χ3v) is 5.24. The summed E-state index contributed by atoms with van der Waals surface area (Å²) in [5.41, 5.74) is 3.41. The summed E-state index contributed by atoms with van der Waals surface area (Å²) in [5.74, 6) is 1.28. The van der Waals surface area contributed by atoms with Crippen LogP contribution in [0.1, 0.15) is 11.5 Å². The molecule has 1 aliphatic heterocycles. The van der Waals surface area contributed by atoms with Gasteiger partial charge in [0.05, 0.1) is 19.3 Å². The minimum absolute atomic E-state index is 0.164. The van der Waals surface area contributed by atoms with Crippen molar-refractivity contribution in [2.45, 2.75) is 13.5 Å². The van der Waals surface area contributed by atoms with Crippen LogP contribution in [0.5, 0.6) is 5.75 Å². The van der Waals surface area contributed by atoms with Crippen molar-refractivity contribution in [1.82, 2.24) is 14.8 Å². The van der Waals surface area contributed by atoms with Gasteiger partial charge in [-0.2, -0.15) is 0 Å². The summed E-state index contributed by atoms with van der Waals surface area (Å²) in [6.07, 6.45) is 0. The van der Waals surface area contributed by atoms with Gasteiger partial charge in [-0.05, 0) is 42.8 Å². The summed E-state index contributed by atoms with van der Waals surface area (Å²) in [6, 6.07) is 11.0. The van der Waals surface area contributed by atoms with Crippen molar-refractivity contribution in [2.75, 3.05) is 38.6 Å². The standard InChI is InChI=1S/C21H23ClN4O3/c1-14-3-5-19-16(11-14)23-20(29-19)13-25-7-9-26(10-8-25)21(27)24-17-12-15(22)4-6-18(17)28-2/h3-6,11-12H,7-10,13H2,1-2H3,(H,24,27). The maximum atomic E-state index is 12.6. The summed E-state index contributed by atoms with van der Waals surface area (Å²) >= 11 is 6.04. The smallest absolute Gasteiger partial charge is 0.322 e. The molecule has 8 heteroatoms. The van der Waals surface area contributed by atoms with Crippen LogP contribution in [-0.4, -0.2) is 54.1 Å². The van der Waals surface area contributed by atoms with Crippen LogP contribution in [0.3, 0.4) is 0 Å². The molecule has 0 saturated carbocycles. The Balaban J connectivity index is 1.34. The van der Waals surface area contributed by atoms with Gasteiger partial charge >= 0.3 is 6.03 Å². The number of nitrogens with one attached hydrogen (secondary N) is 1. The lowest BCUT2D eigenvalue weighted by Crippen LogP contribution is -2.49. The second-order valence-electron chi connectivity index (χ2n) is 7.12. The number of anilines is 1. The van der Waals surface area contributed by atoms with Gasteiger partial charge in [-0.25, -0.2) is 9.78 Å². The number of piperazine rings is 1. The number of urea groups is 1. The molecule has 152 valence electrons. The van der Waals surface area contributed by atoms with Gasteiger partial charge in [0.1, 0.15) is 11.3 Å². The summed E-state index contributed by atoms with van der Waals surface area (Å²) < 4.78 is 11.1. The number of hydrogen-bond donors (Lipinski definition) is 1. The van der Waals surface area contributed by atoms with Crippen molar-refractivity contribution in [3.63, 3.8) is 0 Å². The van der Waals surface area contributed by atoms with Crippen LogP contribution in [-0.2, 0) is 6.54 Å². The molecule has 29 heavy (non-hydrogen) atoms. The number of oxazole rings is 1. The van der Waals surface area contributed by atoms with Crippen LogP contribution in [0.4, 0.5) is 10.5 Å². The largest absolute Gasteiger partial charge is 0.495 e. The van der Waals surface area contributed by atoms with E-state index in [1.165, 1.54) is 0 Å². The first kappa shape index (κ1) is 19.5. The second kappa shape index (κ2) is 8.31. The average Bonchev–Trinajstić information content (AvgIpc) is 3.10. The summed E-state index contributed by atoms with van der Waals surface area (Å²) in [6.45, 7) is 5.40. The van der Waals surface area contributed by atoms with Crippen molar-refractivity contribution >= 4 is 34.4 Å². The number of aryl methyl sites for hydroxylation is 1. The van der Waals surface area contributed by atoms with Gasteiger partial charge < -0.3 is 19.4 Å². The van der Waals surface area contributed by atoms with Crippen molar-refractivity contribution in [2.24, 2.45) is 0 Å². The third kappa shape index (κ3) is 4.46. The number of amides is 2. The zero-order valence-electron chi connectivity index (χ0n) is 16.4. The van der Waals surface area contributed by atoms with Gasteiger partial charge in [0.15, 0.2) is 5.58 Å². The molecular weight excluding hydrogens is 392 g/mol. The van der Waals surface area contributed by atoms with Gasteiger partial charge in [-0.1, -0.05) is 17.7 Å². The third-order valence-electron chi connectivity index (χ3n) is 5.01. The molecule has 1 fully saturated rings. The molecule has 1 aromatic heterocycles. The van der Waals surface area contributed by atoms with Crippen LogP contribution >= 0.6 is 11.6 Å². The molecule has 1 saturated heterocycles. The predicted molar refractivity (Wildman–Crippen MR) is 113 cm³/mol. The van der Waals surface area contributed by atoms with Crippen LogP contribution in [0.2, 0.25) is 5.02 Å². The molecule has 4 rings (SSSR count). The van der Waals surface area contributed by atoms with Gasteiger partial charge in [0, 0.05) is 31.2 Å². The monoisotopic (exact) mass is 414 g/mol. The highest BCUT2D eigenvalue weighted by Gasteiger charge is 2.23. The van der Waals surface area contributed by atoms with Crippen molar-refractivity contribution < 1.29 is 13.9 Å². The Morgan fingerprint density at radius 2 is 2.00 bits per heavy atom. The minimum atomic E-state index is -0.164. The molecule has 3 aromatic rings. The molecule has 0 spiro atoms. The fraction of sp³-hybridized carbons (Fsp3) is 0.333. The first-order chi connectivity index (χ1) is 14.0. The summed E-state index contributed by atoms with van der Waals surface area (Å²) in [4.78, 5) is 21.2. The molecule has 0 unspecified atom stereocenters. The van der Waals surface area contributed by atoms with Crippen molar-refractivity contribution in [3.05, 3.63) is 52.9 Å². The topological polar surface area (TPSA) is 70.8 Å². The lowest BCUT2D eigenvalue weighted by atomic mass is 10.2. The number of aromatic nitrogens is 1. The molecule has 0 aliphatic carbocycles. The lowest BCUT2D eigenvalue weighted by molar-refractivity contribution is 0.136. The zero-order chi connectivity index (χ0) is 20.4. The quantitative estimate of drug-likeness (QED) is 0.694. The van der Waals surface area contributed by atoms with Gasteiger partial charge in [0.2, 0.25) is 5.89 Å². The SMILES string of the molecule is COc1ccc(Cl)cc1NC(=O)N1CCN(Cc2nc3cc(C)ccc3o2)CC1. The number of ether oxygens (including phenoxy) is 1. The van der Waals surface area contributed by atoms with Crippen LogP contribution in [0.15, 0.2) is 40.8 Å². The van der Waals surface area contributed by atoms with Gasteiger partial charge in [0.25, 0.3) is 0 Å². The van der Waals surface area contributed by atoms with E-state index in [9.17, 15) is 4.79 Å². The molecule has 0 atom stereocenters. The lowest BCUT2D eigenvalue weighted by Gasteiger charge is -2.34. The maximum Gasteiger partial charge on any atom is 0.322 e. The number of methoxy groups -OCH3 is 1. The Hall–Kier alpha value is -2.77. The number of carbonyl (C=O) groups is 1. The molecule has 0 bridgehead atoms. The van der Waals surface area contributed by atoms with E-state index in [2.05, 4.69) is 15.2 Å². The van der Waals surface area contributed by atoms with Gasteiger partial charge in [-0.3, -0.25) is 4.90 Å². The molecule has 2 heterocycles. The molecular formula is C21H23ClN4O3. The highest BCUT2D eigenvalue weighted by atomic mass is 35.5. The van der Waals surface area contributed by atoms with Crippen LogP contribution in [0, 0.1) is 6.92 Å².